The largest absolute Gasteiger partial charge is 0.491 e. The van der Waals surface area contributed by atoms with Gasteiger partial charge in [-0.15, -0.1) is 0 Å². The van der Waals surface area contributed by atoms with Crippen LogP contribution in [0, 0.1) is 5.92 Å². The van der Waals surface area contributed by atoms with Gasteiger partial charge in [-0.3, -0.25) is 19.2 Å². The molecule has 8 nitrogen and oxygen atoms in total. The smallest absolute Gasteiger partial charge is 0.265 e. The van der Waals surface area contributed by atoms with Crippen LogP contribution in [0.15, 0.2) is 48.5 Å². The van der Waals surface area contributed by atoms with Crippen LogP contribution in [0.4, 0.5) is 5.69 Å². The summed E-state index contributed by atoms with van der Waals surface area (Å²) in [6, 6.07) is 13.9. The minimum atomic E-state index is -1.01. The van der Waals surface area contributed by atoms with Crippen molar-refractivity contribution in [2.45, 2.75) is 45.4 Å². The Morgan fingerprint density at radius 1 is 1.06 bits per heavy atom. The van der Waals surface area contributed by atoms with Gasteiger partial charge >= 0.3 is 0 Å². The second-order valence-corrected chi connectivity index (χ2v) is 8.31. The lowest BCUT2D eigenvalue weighted by Gasteiger charge is -2.26. The van der Waals surface area contributed by atoms with Gasteiger partial charge in [0.2, 0.25) is 11.8 Å². The number of anilines is 1. The van der Waals surface area contributed by atoms with Crippen LogP contribution in [0.5, 0.6) is 5.75 Å². The number of hydroxylamine groups is 2. The Labute approximate surface area is 186 Å². The van der Waals surface area contributed by atoms with Gasteiger partial charge in [-0.05, 0) is 55.7 Å². The second kappa shape index (κ2) is 8.72. The van der Waals surface area contributed by atoms with E-state index < -0.39 is 29.9 Å². The van der Waals surface area contributed by atoms with E-state index in [1.807, 2.05) is 45.0 Å². The number of imide groups is 1. The first-order valence-corrected chi connectivity index (χ1v) is 10.7. The molecule has 0 saturated carbocycles. The maximum absolute atomic E-state index is 13.4. The molecule has 2 aromatic rings. The monoisotopic (exact) mass is 437 g/mol. The molecule has 3 unspecified atom stereocenters. The van der Waals surface area contributed by atoms with Crippen molar-refractivity contribution in [3.63, 3.8) is 0 Å². The number of ether oxygens (including phenoxy) is 1. The molecular formula is C24H27N3O5. The minimum absolute atomic E-state index is 0.0214. The van der Waals surface area contributed by atoms with E-state index in [2.05, 4.69) is 0 Å². The van der Waals surface area contributed by atoms with Crippen molar-refractivity contribution in [1.82, 2.24) is 5.06 Å². The Balaban J connectivity index is 1.67. The van der Waals surface area contributed by atoms with Gasteiger partial charge in [0.25, 0.3) is 5.91 Å². The van der Waals surface area contributed by atoms with Crippen LogP contribution < -0.4 is 15.4 Å². The first-order chi connectivity index (χ1) is 15.3. The van der Waals surface area contributed by atoms with Crippen LogP contribution in [0.1, 0.15) is 37.9 Å². The fraction of sp³-hybridized carbons (Fsp3) is 0.375. The molecule has 3 atom stereocenters. The summed E-state index contributed by atoms with van der Waals surface area (Å²) < 4.78 is 5.69. The van der Waals surface area contributed by atoms with Crippen LogP contribution in [0.2, 0.25) is 0 Å². The first-order valence-electron chi connectivity index (χ1n) is 10.7. The summed E-state index contributed by atoms with van der Waals surface area (Å²) in [6.45, 7) is 5.67. The number of primary amides is 1. The Bertz CT molecular complexity index is 1020. The fourth-order valence-corrected chi connectivity index (χ4v) is 4.28. The summed E-state index contributed by atoms with van der Waals surface area (Å²) in [6.07, 6.45) is -0.130. The number of benzene rings is 2. The van der Waals surface area contributed by atoms with Gasteiger partial charge < -0.3 is 10.5 Å². The van der Waals surface area contributed by atoms with Crippen LogP contribution in [0.3, 0.4) is 0 Å². The topological polar surface area (TPSA) is 102 Å². The van der Waals surface area contributed by atoms with E-state index in [4.69, 9.17) is 15.3 Å². The van der Waals surface area contributed by atoms with E-state index >= 15 is 0 Å². The van der Waals surface area contributed by atoms with Crippen LogP contribution >= 0.6 is 0 Å². The zero-order chi connectivity index (χ0) is 23.0. The molecule has 168 valence electrons. The van der Waals surface area contributed by atoms with Gasteiger partial charge in [0.1, 0.15) is 12.3 Å². The number of carbonyl (C=O) groups is 3. The summed E-state index contributed by atoms with van der Waals surface area (Å²) in [4.78, 5) is 45.2. The number of nitrogens with two attached hydrogens (primary N) is 1. The van der Waals surface area contributed by atoms with Crippen molar-refractivity contribution >= 4 is 23.4 Å². The number of hydrogen-bond acceptors (Lipinski definition) is 6. The van der Waals surface area contributed by atoms with Crippen molar-refractivity contribution in [2.24, 2.45) is 11.7 Å². The Morgan fingerprint density at radius 2 is 1.72 bits per heavy atom. The summed E-state index contributed by atoms with van der Waals surface area (Å²) in [5.74, 6) is -1.51. The van der Waals surface area contributed by atoms with E-state index in [-0.39, 0.29) is 18.6 Å². The lowest BCUT2D eigenvalue weighted by Crippen LogP contribution is -2.40. The van der Waals surface area contributed by atoms with Gasteiger partial charge in [0.05, 0.1) is 23.8 Å². The average molecular weight is 437 g/mol. The van der Waals surface area contributed by atoms with Gasteiger partial charge in [0, 0.05) is 0 Å². The summed E-state index contributed by atoms with van der Waals surface area (Å²) in [7, 11) is 0. The molecule has 0 aromatic heterocycles. The molecule has 2 aliphatic heterocycles. The summed E-state index contributed by atoms with van der Waals surface area (Å²) in [5.41, 5.74) is 7.75. The predicted molar refractivity (Wildman–Crippen MR) is 118 cm³/mol. The molecule has 0 bridgehead atoms. The van der Waals surface area contributed by atoms with Gasteiger partial charge in [-0.1, -0.05) is 31.2 Å². The van der Waals surface area contributed by atoms with E-state index in [0.29, 0.717) is 11.4 Å². The van der Waals surface area contributed by atoms with E-state index in [1.54, 1.807) is 24.3 Å². The number of carbonyl (C=O) groups excluding carboxylic acids is 3. The Kier molecular flexibility index (Phi) is 5.99. The highest BCUT2D eigenvalue weighted by Gasteiger charge is 2.60. The summed E-state index contributed by atoms with van der Waals surface area (Å²) in [5, 5.41) is 1.35. The number of hydrogen-bond donors (Lipinski definition) is 1. The lowest BCUT2D eigenvalue weighted by molar-refractivity contribution is -0.175. The van der Waals surface area contributed by atoms with Crippen LogP contribution in [-0.4, -0.2) is 41.5 Å². The highest BCUT2D eigenvalue weighted by molar-refractivity contribution is 6.23. The van der Waals surface area contributed by atoms with Gasteiger partial charge in [0.15, 0.2) is 6.10 Å². The first kappa shape index (κ1) is 22.0. The lowest BCUT2D eigenvalue weighted by atomic mass is 9.90. The molecule has 0 spiro atoms. The predicted octanol–water partition coefficient (Wildman–Crippen LogP) is 2.37. The van der Waals surface area contributed by atoms with Crippen molar-refractivity contribution < 1.29 is 24.0 Å². The third kappa shape index (κ3) is 3.99. The molecule has 2 N–H and O–H groups in total. The maximum atomic E-state index is 13.4. The molecule has 2 aromatic carbocycles. The molecule has 2 fully saturated rings. The highest BCUT2D eigenvalue weighted by Crippen LogP contribution is 2.45. The van der Waals surface area contributed by atoms with E-state index in [9.17, 15) is 14.4 Å². The fourth-order valence-electron chi connectivity index (χ4n) is 4.28. The van der Waals surface area contributed by atoms with Crippen LogP contribution in [0.25, 0.3) is 0 Å². The third-order valence-electron chi connectivity index (χ3n) is 5.70. The SMILES string of the molecule is CCc1ccc(N2C(=O)C3ON(CC(N)=O)C(c4ccc(OC(C)C)cc4)C3C2=O)cc1. The third-order valence-corrected chi connectivity index (χ3v) is 5.70. The molecule has 3 amide bonds. The minimum Gasteiger partial charge on any atom is -0.491 e. The van der Waals surface area contributed by atoms with Gasteiger partial charge in [-0.25, -0.2) is 4.90 Å². The Morgan fingerprint density at radius 3 is 2.28 bits per heavy atom. The zero-order valence-corrected chi connectivity index (χ0v) is 18.4. The van der Waals surface area contributed by atoms with Crippen molar-refractivity contribution in [3.8, 4) is 5.75 Å². The molecule has 0 radical (unpaired) electrons. The number of rotatable bonds is 7. The zero-order valence-electron chi connectivity index (χ0n) is 18.4. The number of aryl methyl sites for hydroxylation is 1. The van der Waals surface area contributed by atoms with Crippen molar-refractivity contribution in [1.29, 1.82) is 0 Å². The number of nitrogens with zero attached hydrogens (tertiary/aromatic N) is 2. The summed E-state index contributed by atoms with van der Waals surface area (Å²) >= 11 is 0. The molecule has 2 heterocycles. The van der Waals surface area contributed by atoms with Crippen molar-refractivity contribution in [2.75, 3.05) is 11.4 Å². The molecule has 32 heavy (non-hydrogen) atoms. The molecule has 2 saturated heterocycles. The standard InChI is InChI=1S/C24H27N3O5/c1-4-15-5-9-17(10-6-15)27-23(29)20-21(16-7-11-18(12-8-16)31-14(2)3)26(13-19(25)28)32-22(20)24(27)30/h5-12,14,20-22H,4,13H2,1-3H3,(H2,25,28). The molecule has 2 aliphatic rings. The molecule has 8 heteroatoms. The second-order valence-electron chi connectivity index (χ2n) is 8.31. The molecule has 0 aliphatic carbocycles. The van der Waals surface area contributed by atoms with Crippen LogP contribution in [-0.2, 0) is 25.6 Å². The highest BCUT2D eigenvalue weighted by atomic mass is 16.7. The maximum Gasteiger partial charge on any atom is 0.265 e. The Hall–Kier alpha value is -3.23. The normalized spacial score (nSPS) is 23.1. The van der Waals surface area contributed by atoms with Gasteiger partial charge in [-0.2, -0.15) is 5.06 Å². The molecular weight excluding hydrogens is 410 g/mol. The number of amides is 3. The number of fused-ring (bicyclic) bond motifs is 1. The average Bonchev–Trinajstić information content (AvgIpc) is 3.23. The van der Waals surface area contributed by atoms with Crippen molar-refractivity contribution in [3.05, 3.63) is 59.7 Å². The van der Waals surface area contributed by atoms with E-state index in [1.165, 1.54) is 9.96 Å². The van der Waals surface area contributed by atoms with E-state index in [0.717, 1.165) is 17.5 Å². The quantitative estimate of drug-likeness (QED) is 0.668. The molecule has 4 rings (SSSR count).